The van der Waals surface area contributed by atoms with Crippen LogP contribution in [0.4, 0.5) is 9.18 Å². The standard InChI is InChI=1S/C23H21FN4O4S/c1-26-17-8-4-5-9-18(17)27(22(26)31)12-10-20(29)25-11-13-28-21(30)19(33-23(28)32)14-15-6-2-3-7-16(15)24/h2-9,14H,10-13H2,1H3,(H,25,29)/b19-14-. The van der Waals surface area contributed by atoms with Crippen LogP contribution in [0.2, 0.25) is 0 Å². The average molecular weight is 469 g/mol. The number of fused-ring (bicyclic) bond motifs is 1. The molecule has 4 rings (SSSR count). The molecule has 1 N–H and O–H groups in total. The number of amides is 3. The van der Waals surface area contributed by atoms with Crippen molar-refractivity contribution in [3.63, 3.8) is 0 Å². The van der Waals surface area contributed by atoms with Gasteiger partial charge < -0.3 is 5.32 Å². The van der Waals surface area contributed by atoms with E-state index in [1.54, 1.807) is 17.7 Å². The minimum atomic E-state index is -0.523. The molecule has 170 valence electrons. The maximum Gasteiger partial charge on any atom is 0.328 e. The third-order valence-corrected chi connectivity index (χ3v) is 6.24. The van der Waals surface area contributed by atoms with Gasteiger partial charge in [0.05, 0.1) is 15.9 Å². The van der Waals surface area contributed by atoms with Crippen LogP contribution in [0.15, 0.2) is 58.2 Å². The number of benzene rings is 2. The smallest absolute Gasteiger partial charge is 0.328 e. The zero-order valence-electron chi connectivity index (χ0n) is 17.8. The van der Waals surface area contributed by atoms with Crippen LogP contribution in [-0.4, -0.2) is 44.2 Å². The van der Waals surface area contributed by atoms with Gasteiger partial charge in [0.2, 0.25) is 5.91 Å². The van der Waals surface area contributed by atoms with Gasteiger partial charge in [0.15, 0.2) is 0 Å². The topological polar surface area (TPSA) is 93.4 Å². The molecule has 1 aliphatic heterocycles. The van der Waals surface area contributed by atoms with Crippen LogP contribution >= 0.6 is 11.8 Å². The van der Waals surface area contributed by atoms with Crippen molar-refractivity contribution in [2.24, 2.45) is 7.05 Å². The number of aryl methyl sites for hydroxylation is 2. The Hall–Kier alpha value is -3.66. The molecular weight excluding hydrogens is 447 g/mol. The van der Waals surface area contributed by atoms with E-state index in [0.717, 1.165) is 27.7 Å². The van der Waals surface area contributed by atoms with Gasteiger partial charge in [-0.05, 0) is 36.0 Å². The number of imidazole rings is 1. The van der Waals surface area contributed by atoms with E-state index in [1.165, 1.54) is 28.8 Å². The van der Waals surface area contributed by atoms with Gasteiger partial charge in [0, 0.05) is 38.7 Å². The molecule has 3 amide bonds. The summed E-state index contributed by atoms with van der Waals surface area (Å²) >= 11 is 0.736. The first-order valence-electron chi connectivity index (χ1n) is 10.3. The normalized spacial score (nSPS) is 15.1. The highest BCUT2D eigenvalue weighted by Gasteiger charge is 2.34. The summed E-state index contributed by atoms with van der Waals surface area (Å²) in [6.07, 6.45) is 1.42. The van der Waals surface area contributed by atoms with Gasteiger partial charge in [-0.25, -0.2) is 9.18 Å². The summed E-state index contributed by atoms with van der Waals surface area (Å²) < 4.78 is 16.9. The van der Waals surface area contributed by atoms with E-state index in [4.69, 9.17) is 0 Å². The van der Waals surface area contributed by atoms with E-state index in [9.17, 15) is 23.6 Å². The van der Waals surface area contributed by atoms with Crippen LogP contribution in [-0.2, 0) is 23.2 Å². The van der Waals surface area contributed by atoms with Gasteiger partial charge in [-0.15, -0.1) is 0 Å². The fourth-order valence-corrected chi connectivity index (χ4v) is 4.47. The third kappa shape index (κ3) is 4.61. The van der Waals surface area contributed by atoms with E-state index in [0.29, 0.717) is 0 Å². The number of aromatic nitrogens is 2. The minimum absolute atomic E-state index is 0.000759. The molecule has 0 atom stereocenters. The molecule has 0 radical (unpaired) electrons. The molecule has 1 saturated heterocycles. The number of hydrogen-bond acceptors (Lipinski definition) is 5. The van der Waals surface area contributed by atoms with Gasteiger partial charge in [-0.2, -0.15) is 0 Å². The second-order valence-corrected chi connectivity index (χ2v) is 8.43. The van der Waals surface area contributed by atoms with Crippen LogP contribution in [0.1, 0.15) is 12.0 Å². The second-order valence-electron chi connectivity index (χ2n) is 7.44. The van der Waals surface area contributed by atoms with Crippen LogP contribution in [0, 0.1) is 5.82 Å². The minimum Gasteiger partial charge on any atom is -0.354 e. The van der Waals surface area contributed by atoms with Crippen LogP contribution in [0.3, 0.4) is 0 Å². The molecule has 8 nitrogen and oxygen atoms in total. The fourth-order valence-electron chi connectivity index (χ4n) is 3.61. The SMILES string of the molecule is Cn1c(=O)n(CCC(=O)NCCN2C(=O)S/C(=C\c3ccccc3F)C2=O)c2ccccc21. The predicted molar refractivity (Wildman–Crippen MR) is 124 cm³/mol. The molecule has 2 aromatic carbocycles. The summed E-state index contributed by atoms with van der Waals surface area (Å²) in [6.45, 7) is 0.284. The van der Waals surface area contributed by atoms with Crippen molar-refractivity contribution >= 4 is 45.9 Å². The summed E-state index contributed by atoms with van der Waals surface area (Å²) in [5, 5.41) is 2.20. The number of hydrogen-bond donors (Lipinski definition) is 1. The molecule has 1 aliphatic rings. The van der Waals surface area contributed by atoms with Gasteiger partial charge in [-0.1, -0.05) is 30.3 Å². The quantitative estimate of drug-likeness (QED) is 0.538. The van der Waals surface area contributed by atoms with Crippen LogP contribution < -0.4 is 11.0 Å². The van der Waals surface area contributed by atoms with E-state index >= 15 is 0 Å². The Balaban J connectivity index is 1.32. The van der Waals surface area contributed by atoms with E-state index < -0.39 is 17.0 Å². The van der Waals surface area contributed by atoms with Crippen molar-refractivity contribution in [3.05, 3.63) is 75.3 Å². The van der Waals surface area contributed by atoms with Crippen molar-refractivity contribution in [1.29, 1.82) is 0 Å². The van der Waals surface area contributed by atoms with Crippen molar-refractivity contribution in [1.82, 2.24) is 19.4 Å². The van der Waals surface area contributed by atoms with Gasteiger partial charge in [0.1, 0.15) is 5.82 Å². The maximum atomic E-state index is 13.8. The second kappa shape index (κ2) is 9.45. The Labute approximate surface area is 192 Å². The molecule has 2 heterocycles. The monoisotopic (exact) mass is 468 g/mol. The molecule has 0 aliphatic carbocycles. The lowest BCUT2D eigenvalue weighted by atomic mass is 10.2. The number of nitrogens with one attached hydrogen (secondary N) is 1. The number of halogens is 1. The summed E-state index contributed by atoms with van der Waals surface area (Å²) in [6, 6.07) is 13.3. The Morgan fingerprint density at radius 1 is 1.03 bits per heavy atom. The maximum absolute atomic E-state index is 13.8. The fraction of sp³-hybridized carbons (Fsp3) is 0.217. The number of carbonyl (C=O) groups is 3. The average Bonchev–Trinajstić information content (AvgIpc) is 3.21. The summed E-state index contributed by atoms with van der Waals surface area (Å²) in [4.78, 5) is 50.6. The van der Waals surface area contributed by atoms with Crippen LogP contribution in [0.5, 0.6) is 0 Å². The molecule has 1 aromatic heterocycles. The summed E-state index contributed by atoms with van der Waals surface area (Å²) in [5.41, 5.74) is 1.55. The molecule has 10 heteroatoms. The molecular formula is C23H21FN4O4S. The van der Waals surface area contributed by atoms with Gasteiger partial charge >= 0.3 is 5.69 Å². The number of nitrogens with zero attached hydrogens (tertiary/aromatic N) is 3. The van der Waals surface area contributed by atoms with E-state index in [-0.39, 0.29) is 48.1 Å². The Morgan fingerprint density at radius 3 is 2.48 bits per heavy atom. The number of para-hydroxylation sites is 2. The van der Waals surface area contributed by atoms with Crippen molar-refractivity contribution < 1.29 is 18.8 Å². The predicted octanol–water partition coefficient (Wildman–Crippen LogP) is 2.72. The zero-order chi connectivity index (χ0) is 23.5. The number of carbonyl (C=O) groups excluding carboxylic acids is 3. The first-order chi connectivity index (χ1) is 15.9. The highest BCUT2D eigenvalue weighted by Crippen LogP contribution is 2.32. The Morgan fingerprint density at radius 2 is 1.73 bits per heavy atom. The molecule has 3 aromatic rings. The van der Waals surface area contributed by atoms with Crippen molar-refractivity contribution in [2.75, 3.05) is 13.1 Å². The lowest BCUT2D eigenvalue weighted by Gasteiger charge is -2.13. The van der Waals surface area contributed by atoms with Gasteiger partial charge in [-0.3, -0.25) is 28.4 Å². The van der Waals surface area contributed by atoms with E-state index in [1.807, 2.05) is 24.3 Å². The Kier molecular flexibility index (Phi) is 6.45. The van der Waals surface area contributed by atoms with E-state index in [2.05, 4.69) is 5.32 Å². The highest BCUT2D eigenvalue weighted by atomic mass is 32.2. The molecule has 1 fully saturated rings. The number of rotatable bonds is 7. The zero-order valence-corrected chi connectivity index (χ0v) is 18.6. The first-order valence-corrected chi connectivity index (χ1v) is 11.1. The van der Waals surface area contributed by atoms with Gasteiger partial charge in [0.25, 0.3) is 11.1 Å². The Bertz CT molecular complexity index is 1340. The largest absolute Gasteiger partial charge is 0.354 e. The lowest BCUT2D eigenvalue weighted by Crippen LogP contribution is -2.37. The number of thioether (sulfide) groups is 1. The van der Waals surface area contributed by atoms with Crippen molar-refractivity contribution in [3.8, 4) is 0 Å². The first kappa shape index (κ1) is 22.5. The molecule has 0 bridgehead atoms. The number of imide groups is 1. The third-order valence-electron chi connectivity index (χ3n) is 5.34. The summed E-state index contributed by atoms with van der Waals surface area (Å²) in [7, 11) is 1.68. The highest BCUT2D eigenvalue weighted by molar-refractivity contribution is 8.18. The molecule has 0 saturated carbocycles. The van der Waals surface area contributed by atoms with Crippen LogP contribution in [0.25, 0.3) is 17.1 Å². The molecule has 0 spiro atoms. The molecule has 33 heavy (non-hydrogen) atoms. The summed E-state index contributed by atoms with van der Waals surface area (Å²) in [5.74, 6) is -1.31. The van der Waals surface area contributed by atoms with Crippen molar-refractivity contribution in [2.45, 2.75) is 13.0 Å². The molecule has 0 unspecified atom stereocenters. The lowest BCUT2D eigenvalue weighted by molar-refractivity contribution is -0.124.